The van der Waals surface area contributed by atoms with E-state index in [4.69, 9.17) is 0 Å². The van der Waals surface area contributed by atoms with Gasteiger partial charge in [-0.25, -0.2) is 0 Å². The Morgan fingerprint density at radius 2 is 1.90 bits per heavy atom. The lowest BCUT2D eigenvalue weighted by Crippen LogP contribution is -2.50. The third-order valence-corrected chi connectivity index (χ3v) is 7.24. The van der Waals surface area contributed by atoms with Gasteiger partial charge in [0.15, 0.2) is 0 Å². The van der Waals surface area contributed by atoms with Crippen LogP contribution in [0.2, 0.25) is 0 Å². The second-order valence-corrected chi connectivity index (χ2v) is 9.04. The first-order valence-electron chi connectivity index (χ1n) is 8.63. The summed E-state index contributed by atoms with van der Waals surface area (Å²) >= 11 is 0. The van der Waals surface area contributed by atoms with E-state index < -0.39 is 0 Å². The molecule has 0 aromatic heterocycles. The number of allylic oxidation sites excluding steroid dienone is 3. The molecule has 0 nitrogen and oxygen atoms in total. The molecule has 0 spiro atoms. The zero-order chi connectivity index (χ0) is 14.6. The lowest BCUT2D eigenvalue weighted by molar-refractivity contribution is -0.0489. The fourth-order valence-corrected chi connectivity index (χ4v) is 5.92. The quantitative estimate of drug-likeness (QED) is 0.503. The highest BCUT2D eigenvalue weighted by Gasteiger charge is 2.53. The van der Waals surface area contributed by atoms with Crippen molar-refractivity contribution in [3.8, 4) is 0 Å². The zero-order valence-corrected chi connectivity index (χ0v) is 14.0. The van der Waals surface area contributed by atoms with Crippen LogP contribution < -0.4 is 0 Å². The van der Waals surface area contributed by atoms with Crippen LogP contribution in [0.15, 0.2) is 24.3 Å². The molecule has 0 bridgehead atoms. The molecule has 3 aliphatic rings. The van der Waals surface area contributed by atoms with Gasteiger partial charge in [-0.15, -0.1) is 6.58 Å². The molecule has 20 heavy (non-hydrogen) atoms. The van der Waals surface area contributed by atoms with Crippen molar-refractivity contribution in [3.05, 3.63) is 24.3 Å². The van der Waals surface area contributed by atoms with Gasteiger partial charge < -0.3 is 0 Å². The van der Waals surface area contributed by atoms with Crippen molar-refractivity contribution < 1.29 is 0 Å². The van der Waals surface area contributed by atoms with Crippen LogP contribution in [0.25, 0.3) is 0 Å². The van der Waals surface area contributed by atoms with Gasteiger partial charge >= 0.3 is 0 Å². The average Bonchev–Trinajstić information content (AvgIpc) is 2.37. The molecule has 2 fully saturated rings. The minimum absolute atomic E-state index is 0.357. The lowest BCUT2D eigenvalue weighted by atomic mass is 9.46. The summed E-state index contributed by atoms with van der Waals surface area (Å²) in [5.41, 5.74) is 3.23. The van der Waals surface area contributed by atoms with Gasteiger partial charge in [-0.1, -0.05) is 51.8 Å². The molecule has 0 heterocycles. The van der Waals surface area contributed by atoms with Gasteiger partial charge in [-0.3, -0.25) is 0 Å². The van der Waals surface area contributed by atoms with E-state index in [1.807, 2.05) is 0 Å². The van der Waals surface area contributed by atoms with Gasteiger partial charge in [0.05, 0.1) is 0 Å². The standard InChI is InChI=1S/C20H32/c1-6-19(4)13-10-16-15(14-19)8-9-17-18(2,3)11-7-12-20(16,17)5/h6,8,16-17H,1,7,9-14H2,2-5H3/t16-,17-,19+,20-/m1/s1. The van der Waals surface area contributed by atoms with E-state index in [9.17, 15) is 0 Å². The fraction of sp³-hybridized carbons (Fsp3) is 0.800. The summed E-state index contributed by atoms with van der Waals surface area (Å²) in [5, 5.41) is 0. The van der Waals surface area contributed by atoms with Crippen LogP contribution in [0.1, 0.15) is 72.6 Å². The molecule has 0 saturated heterocycles. The smallest absolute Gasteiger partial charge is 0.0112 e. The van der Waals surface area contributed by atoms with Crippen molar-refractivity contribution in [2.24, 2.45) is 28.1 Å². The average molecular weight is 272 g/mol. The normalized spacial score (nSPS) is 46.9. The Balaban J connectivity index is 1.94. The molecular weight excluding hydrogens is 240 g/mol. The number of hydrogen-bond donors (Lipinski definition) is 0. The predicted octanol–water partition coefficient (Wildman–Crippen LogP) is 6.14. The first-order valence-corrected chi connectivity index (χ1v) is 8.63. The summed E-state index contributed by atoms with van der Waals surface area (Å²) < 4.78 is 0. The van der Waals surface area contributed by atoms with E-state index in [0.29, 0.717) is 16.2 Å². The highest BCUT2D eigenvalue weighted by atomic mass is 14.6. The minimum atomic E-state index is 0.357. The zero-order valence-electron chi connectivity index (χ0n) is 14.0. The Kier molecular flexibility index (Phi) is 3.23. The minimum Gasteiger partial charge on any atom is -0.103 e. The largest absolute Gasteiger partial charge is 0.103 e. The highest BCUT2D eigenvalue weighted by Crippen LogP contribution is 2.63. The molecule has 0 aromatic carbocycles. The van der Waals surface area contributed by atoms with Crippen molar-refractivity contribution in [1.82, 2.24) is 0 Å². The summed E-state index contributed by atoms with van der Waals surface area (Å²) in [6.45, 7) is 14.1. The molecule has 112 valence electrons. The van der Waals surface area contributed by atoms with Crippen LogP contribution in [-0.2, 0) is 0 Å². The lowest BCUT2D eigenvalue weighted by Gasteiger charge is -2.59. The molecule has 0 heteroatoms. The SMILES string of the molecule is C=C[C@@]1(C)CC[C@@H]2C(=CC[C@@H]3C(C)(C)CCC[C@]23C)C1. The van der Waals surface area contributed by atoms with Gasteiger partial charge in [0.1, 0.15) is 0 Å². The van der Waals surface area contributed by atoms with Gasteiger partial charge in [0, 0.05) is 0 Å². The first kappa shape index (κ1) is 14.4. The maximum atomic E-state index is 4.09. The van der Waals surface area contributed by atoms with Crippen LogP contribution in [0, 0.1) is 28.1 Å². The second-order valence-electron chi connectivity index (χ2n) is 9.04. The van der Waals surface area contributed by atoms with E-state index in [1.54, 1.807) is 5.57 Å². The van der Waals surface area contributed by atoms with E-state index in [2.05, 4.69) is 46.4 Å². The molecule has 0 aliphatic heterocycles. The summed E-state index contributed by atoms with van der Waals surface area (Å²) in [5.74, 6) is 1.75. The van der Waals surface area contributed by atoms with Crippen LogP contribution in [0.3, 0.4) is 0 Å². The maximum Gasteiger partial charge on any atom is -0.0112 e. The van der Waals surface area contributed by atoms with Crippen LogP contribution in [0.5, 0.6) is 0 Å². The van der Waals surface area contributed by atoms with Crippen molar-refractivity contribution in [1.29, 1.82) is 0 Å². The van der Waals surface area contributed by atoms with Gasteiger partial charge in [-0.2, -0.15) is 0 Å². The Labute approximate surface area is 125 Å². The third-order valence-electron chi connectivity index (χ3n) is 7.24. The Hall–Kier alpha value is -0.520. The van der Waals surface area contributed by atoms with E-state index in [0.717, 1.165) is 11.8 Å². The molecule has 0 aromatic rings. The Morgan fingerprint density at radius 3 is 2.60 bits per heavy atom. The molecule has 2 saturated carbocycles. The van der Waals surface area contributed by atoms with Crippen molar-refractivity contribution in [2.45, 2.75) is 72.6 Å². The topological polar surface area (TPSA) is 0 Å². The Morgan fingerprint density at radius 1 is 1.15 bits per heavy atom. The van der Waals surface area contributed by atoms with Crippen LogP contribution in [0.4, 0.5) is 0 Å². The first-order chi connectivity index (χ1) is 9.31. The van der Waals surface area contributed by atoms with Gasteiger partial charge in [-0.05, 0) is 66.6 Å². The predicted molar refractivity (Wildman–Crippen MR) is 87.6 cm³/mol. The fourth-order valence-electron chi connectivity index (χ4n) is 5.92. The van der Waals surface area contributed by atoms with Crippen molar-refractivity contribution in [3.63, 3.8) is 0 Å². The molecule has 0 unspecified atom stereocenters. The summed E-state index contributed by atoms with van der Waals surface area (Å²) in [7, 11) is 0. The number of hydrogen-bond acceptors (Lipinski definition) is 0. The molecule has 0 amide bonds. The second kappa shape index (κ2) is 4.49. The Bertz CT molecular complexity index is 441. The van der Waals surface area contributed by atoms with E-state index in [-0.39, 0.29) is 0 Å². The van der Waals surface area contributed by atoms with Gasteiger partial charge in [0.25, 0.3) is 0 Å². The third kappa shape index (κ3) is 2.02. The number of fused-ring (bicyclic) bond motifs is 3. The van der Waals surface area contributed by atoms with Crippen molar-refractivity contribution in [2.75, 3.05) is 0 Å². The van der Waals surface area contributed by atoms with E-state index in [1.165, 1.54) is 44.9 Å². The van der Waals surface area contributed by atoms with Crippen LogP contribution >= 0.6 is 0 Å². The molecule has 3 rings (SSSR count). The van der Waals surface area contributed by atoms with Crippen LogP contribution in [-0.4, -0.2) is 0 Å². The maximum absolute atomic E-state index is 4.09. The monoisotopic (exact) mass is 272 g/mol. The van der Waals surface area contributed by atoms with E-state index >= 15 is 0 Å². The molecule has 3 aliphatic carbocycles. The van der Waals surface area contributed by atoms with Crippen molar-refractivity contribution >= 4 is 0 Å². The number of rotatable bonds is 1. The summed E-state index contributed by atoms with van der Waals surface area (Å²) in [6.07, 6.45) is 14.5. The molecule has 0 radical (unpaired) electrons. The summed E-state index contributed by atoms with van der Waals surface area (Å²) in [6, 6.07) is 0. The molecular formula is C20H32. The molecule has 0 N–H and O–H groups in total. The summed E-state index contributed by atoms with van der Waals surface area (Å²) in [4.78, 5) is 0. The highest BCUT2D eigenvalue weighted by molar-refractivity contribution is 5.24. The van der Waals surface area contributed by atoms with Gasteiger partial charge in [0.2, 0.25) is 0 Å². The molecule has 4 atom stereocenters.